The molecule has 3 heteroatoms. The first-order chi connectivity index (χ1) is 5.45. The summed E-state index contributed by atoms with van der Waals surface area (Å²) in [6, 6.07) is 0. The van der Waals surface area contributed by atoms with Gasteiger partial charge in [0.15, 0.2) is 0 Å². The first-order valence-electron chi connectivity index (χ1n) is 4.12. The molecule has 0 aromatic heterocycles. The van der Waals surface area contributed by atoms with Crippen LogP contribution < -0.4 is 0 Å². The molecule has 3 nitrogen and oxygen atoms in total. The first-order valence-corrected chi connectivity index (χ1v) is 4.12. The summed E-state index contributed by atoms with van der Waals surface area (Å²) in [5.41, 5.74) is -0.610. The molecule has 1 heterocycles. The van der Waals surface area contributed by atoms with E-state index in [4.69, 9.17) is 4.74 Å². The van der Waals surface area contributed by atoms with Crippen LogP contribution in [0.1, 0.15) is 27.2 Å². The number of Topliss-reactive ketones (excluding diaryl/α,β-unsaturated/α-hetero) is 2. The summed E-state index contributed by atoms with van der Waals surface area (Å²) in [6.07, 6.45) is 0.369. The van der Waals surface area contributed by atoms with Crippen molar-refractivity contribution in [1.82, 2.24) is 0 Å². The van der Waals surface area contributed by atoms with Gasteiger partial charge >= 0.3 is 0 Å². The average molecular weight is 170 g/mol. The van der Waals surface area contributed by atoms with Crippen LogP contribution in [-0.4, -0.2) is 23.8 Å². The standard InChI is InChI=1S/C9H14O3/c1-6(10)8-7(11)4-5-12-9(8,2)3/h8H,4-5H2,1-3H3. The molecule has 12 heavy (non-hydrogen) atoms. The van der Waals surface area contributed by atoms with E-state index in [0.29, 0.717) is 13.0 Å². The summed E-state index contributed by atoms with van der Waals surface area (Å²) < 4.78 is 5.37. The summed E-state index contributed by atoms with van der Waals surface area (Å²) in [5, 5.41) is 0. The third kappa shape index (κ3) is 1.55. The number of hydrogen-bond donors (Lipinski definition) is 0. The molecule has 0 aliphatic carbocycles. The number of ketones is 2. The molecule has 1 atom stereocenters. The molecular weight excluding hydrogens is 156 g/mol. The summed E-state index contributed by atoms with van der Waals surface area (Å²) in [4.78, 5) is 22.5. The van der Waals surface area contributed by atoms with E-state index >= 15 is 0 Å². The highest BCUT2D eigenvalue weighted by Crippen LogP contribution is 2.28. The van der Waals surface area contributed by atoms with E-state index < -0.39 is 11.5 Å². The zero-order valence-corrected chi connectivity index (χ0v) is 7.72. The van der Waals surface area contributed by atoms with Gasteiger partial charge in [0.1, 0.15) is 17.5 Å². The van der Waals surface area contributed by atoms with Crippen LogP contribution in [0.4, 0.5) is 0 Å². The molecule has 0 aromatic rings. The Morgan fingerprint density at radius 3 is 2.50 bits per heavy atom. The lowest BCUT2D eigenvalue weighted by Crippen LogP contribution is -2.47. The van der Waals surface area contributed by atoms with Crippen LogP contribution >= 0.6 is 0 Å². The highest BCUT2D eigenvalue weighted by molar-refractivity contribution is 6.02. The van der Waals surface area contributed by atoms with Crippen LogP contribution in [-0.2, 0) is 14.3 Å². The number of rotatable bonds is 1. The monoisotopic (exact) mass is 170 g/mol. The second-order valence-corrected chi connectivity index (χ2v) is 3.71. The smallest absolute Gasteiger partial charge is 0.148 e. The number of carbonyl (C=O) groups is 2. The van der Waals surface area contributed by atoms with Gasteiger partial charge < -0.3 is 4.74 Å². The van der Waals surface area contributed by atoms with Gasteiger partial charge in [-0.15, -0.1) is 0 Å². The molecule has 0 aromatic carbocycles. The zero-order valence-electron chi connectivity index (χ0n) is 7.72. The van der Waals surface area contributed by atoms with Crippen molar-refractivity contribution in [3.05, 3.63) is 0 Å². The summed E-state index contributed by atoms with van der Waals surface area (Å²) >= 11 is 0. The Bertz CT molecular complexity index is 218. The van der Waals surface area contributed by atoms with Crippen molar-refractivity contribution in [1.29, 1.82) is 0 Å². The predicted molar refractivity (Wildman–Crippen MR) is 43.8 cm³/mol. The maximum Gasteiger partial charge on any atom is 0.148 e. The quantitative estimate of drug-likeness (QED) is 0.550. The molecule has 0 N–H and O–H groups in total. The third-order valence-corrected chi connectivity index (χ3v) is 2.25. The van der Waals surface area contributed by atoms with Gasteiger partial charge in [0, 0.05) is 6.42 Å². The minimum Gasteiger partial charge on any atom is -0.374 e. The van der Waals surface area contributed by atoms with E-state index in [0.717, 1.165) is 0 Å². The second-order valence-electron chi connectivity index (χ2n) is 3.71. The van der Waals surface area contributed by atoms with Crippen molar-refractivity contribution in [3.63, 3.8) is 0 Å². The van der Waals surface area contributed by atoms with Gasteiger partial charge in [-0.1, -0.05) is 0 Å². The van der Waals surface area contributed by atoms with Crippen molar-refractivity contribution in [2.75, 3.05) is 6.61 Å². The summed E-state index contributed by atoms with van der Waals surface area (Å²) in [7, 11) is 0. The number of hydrogen-bond acceptors (Lipinski definition) is 3. The Labute approximate surface area is 72.1 Å². The second kappa shape index (κ2) is 2.98. The molecule has 68 valence electrons. The fourth-order valence-corrected chi connectivity index (χ4v) is 1.75. The third-order valence-electron chi connectivity index (χ3n) is 2.25. The fraction of sp³-hybridized carbons (Fsp3) is 0.778. The van der Waals surface area contributed by atoms with E-state index in [-0.39, 0.29) is 11.6 Å². The Balaban J connectivity index is 2.88. The van der Waals surface area contributed by atoms with Crippen LogP contribution in [0.2, 0.25) is 0 Å². The zero-order chi connectivity index (χ0) is 9.35. The highest BCUT2D eigenvalue weighted by Gasteiger charge is 2.42. The molecule has 0 bridgehead atoms. The minimum atomic E-state index is -0.610. The Hall–Kier alpha value is -0.700. The largest absolute Gasteiger partial charge is 0.374 e. The Kier molecular flexibility index (Phi) is 2.33. The van der Waals surface area contributed by atoms with Gasteiger partial charge in [0.25, 0.3) is 0 Å². The molecule has 1 saturated heterocycles. The maximum absolute atomic E-state index is 11.4. The van der Waals surface area contributed by atoms with Gasteiger partial charge in [-0.25, -0.2) is 0 Å². The van der Waals surface area contributed by atoms with Crippen LogP contribution in [0.25, 0.3) is 0 Å². The average Bonchev–Trinajstić information content (AvgIpc) is 1.82. The summed E-state index contributed by atoms with van der Waals surface area (Å²) in [5.74, 6) is -0.644. The lowest BCUT2D eigenvalue weighted by molar-refractivity contribution is -0.156. The molecule has 1 fully saturated rings. The van der Waals surface area contributed by atoms with E-state index in [1.54, 1.807) is 13.8 Å². The molecule has 1 rings (SSSR count). The van der Waals surface area contributed by atoms with E-state index in [1.165, 1.54) is 6.92 Å². The van der Waals surface area contributed by atoms with Crippen LogP contribution in [0.5, 0.6) is 0 Å². The molecular formula is C9H14O3. The van der Waals surface area contributed by atoms with Crippen LogP contribution in [0.3, 0.4) is 0 Å². The van der Waals surface area contributed by atoms with Crippen LogP contribution in [0.15, 0.2) is 0 Å². The number of ether oxygens (including phenoxy) is 1. The Morgan fingerprint density at radius 2 is 2.17 bits per heavy atom. The maximum atomic E-state index is 11.4. The minimum absolute atomic E-state index is 0.0127. The normalized spacial score (nSPS) is 28.6. The molecule has 0 radical (unpaired) electrons. The van der Waals surface area contributed by atoms with E-state index in [2.05, 4.69) is 0 Å². The molecule has 1 aliphatic rings. The molecule has 0 saturated carbocycles. The van der Waals surface area contributed by atoms with Crippen molar-refractivity contribution >= 4 is 11.6 Å². The van der Waals surface area contributed by atoms with Crippen molar-refractivity contribution in [2.24, 2.45) is 5.92 Å². The van der Waals surface area contributed by atoms with Crippen LogP contribution in [0, 0.1) is 5.92 Å². The van der Waals surface area contributed by atoms with E-state index in [9.17, 15) is 9.59 Å². The van der Waals surface area contributed by atoms with Crippen molar-refractivity contribution in [2.45, 2.75) is 32.8 Å². The molecule has 0 spiro atoms. The van der Waals surface area contributed by atoms with E-state index in [1.807, 2.05) is 0 Å². The van der Waals surface area contributed by atoms with Gasteiger partial charge in [0.2, 0.25) is 0 Å². The van der Waals surface area contributed by atoms with Gasteiger partial charge in [-0.3, -0.25) is 9.59 Å². The topological polar surface area (TPSA) is 43.4 Å². The van der Waals surface area contributed by atoms with Crippen molar-refractivity contribution in [3.8, 4) is 0 Å². The Morgan fingerprint density at radius 1 is 1.58 bits per heavy atom. The number of carbonyl (C=O) groups excluding carboxylic acids is 2. The van der Waals surface area contributed by atoms with Gasteiger partial charge in [-0.2, -0.15) is 0 Å². The predicted octanol–water partition coefficient (Wildman–Crippen LogP) is 0.960. The molecule has 1 unspecified atom stereocenters. The lowest BCUT2D eigenvalue weighted by atomic mass is 9.81. The summed E-state index contributed by atoms with van der Waals surface area (Å²) in [6.45, 7) is 5.46. The fourth-order valence-electron chi connectivity index (χ4n) is 1.75. The molecule has 0 amide bonds. The SMILES string of the molecule is CC(=O)C1C(=O)CCOC1(C)C. The molecule has 1 aliphatic heterocycles. The van der Waals surface area contributed by atoms with Crippen molar-refractivity contribution < 1.29 is 14.3 Å². The first kappa shape index (κ1) is 9.39. The van der Waals surface area contributed by atoms with Gasteiger partial charge in [0.05, 0.1) is 12.2 Å². The van der Waals surface area contributed by atoms with Gasteiger partial charge in [-0.05, 0) is 20.8 Å². The lowest BCUT2D eigenvalue weighted by Gasteiger charge is -2.35. The highest BCUT2D eigenvalue weighted by atomic mass is 16.5.